The molecule has 20 heavy (non-hydrogen) atoms. The summed E-state index contributed by atoms with van der Waals surface area (Å²) in [6.45, 7) is 1.95. The third kappa shape index (κ3) is 2.60. The van der Waals surface area contributed by atoms with Gasteiger partial charge in [0.25, 0.3) is 0 Å². The zero-order valence-electron chi connectivity index (χ0n) is 11.5. The van der Waals surface area contributed by atoms with Gasteiger partial charge >= 0.3 is 5.97 Å². The number of hydrogen-bond donors (Lipinski definition) is 2. The van der Waals surface area contributed by atoms with Gasteiger partial charge in [0.2, 0.25) is 5.91 Å². The number of nitrogens with two attached hydrogens (primary N) is 1. The minimum absolute atomic E-state index is 0.00905. The van der Waals surface area contributed by atoms with Gasteiger partial charge in [-0.3, -0.25) is 4.79 Å². The predicted molar refractivity (Wildman–Crippen MR) is 81.3 cm³/mol. The molecule has 0 aliphatic carbocycles. The first kappa shape index (κ1) is 14.7. The van der Waals surface area contributed by atoms with E-state index >= 15 is 0 Å². The second-order valence-electron chi connectivity index (χ2n) is 5.13. The van der Waals surface area contributed by atoms with E-state index in [0.717, 1.165) is 18.6 Å². The molecule has 1 atom stereocenters. The molecule has 1 aliphatic heterocycles. The van der Waals surface area contributed by atoms with Crippen LogP contribution < -0.4 is 10.6 Å². The molecule has 1 aliphatic rings. The predicted octanol–water partition coefficient (Wildman–Crippen LogP) is 2.22. The van der Waals surface area contributed by atoms with E-state index < -0.39 is 10.7 Å². The van der Waals surface area contributed by atoms with E-state index in [1.54, 1.807) is 24.9 Å². The average Bonchev–Trinajstić information content (AvgIpc) is 2.85. The summed E-state index contributed by atoms with van der Waals surface area (Å²) in [7, 11) is 1.68. The number of nitrogen functional groups attached to an aromatic ring is 1. The minimum Gasteiger partial charge on any atom is -0.478 e. The Morgan fingerprint density at radius 3 is 2.65 bits per heavy atom. The van der Waals surface area contributed by atoms with Crippen LogP contribution >= 0.6 is 11.8 Å². The Bertz CT molecular complexity index is 553. The maximum absolute atomic E-state index is 12.6. The van der Waals surface area contributed by atoms with Crippen molar-refractivity contribution in [1.82, 2.24) is 0 Å². The van der Waals surface area contributed by atoms with Crippen molar-refractivity contribution in [2.45, 2.75) is 24.5 Å². The second-order valence-corrected chi connectivity index (χ2v) is 6.72. The first-order chi connectivity index (χ1) is 9.35. The van der Waals surface area contributed by atoms with Gasteiger partial charge in [0.05, 0.1) is 21.7 Å². The Morgan fingerprint density at radius 1 is 1.45 bits per heavy atom. The van der Waals surface area contributed by atoms with E-state index in [1.807, 2.05) is 6.92 Å². The zero-order chi connectivity index (χ0) is 14.9. The Labute approximate surface area is 122 Å². The van der Waals surface area contributed by atoms with Gasteiger partial charge in [-0.05, 0) is 43.7 Å². The summed E-state index contributed by atoms with van der Waals surface area (Å²) in [6, 6.07) is 4.42. The van der Waals surface area contributed by atoms with Crippen molar-refractivity contribution >= 4 is 35.0 Å². The lowest BCUT2D eigenvalue weighted by Gasteiger charge is -2.29. The minimum atomic E-state index is -1.03. The highest BCUT2D eigenvalue weighted by molar-refractivity contribution is 8.01. The molecule has 0 spiro atoms. The number of thioether (sulfide) groups is 1. The normalized spacial score (nSPS) is 21.7. The number of anilines is 2. The smallest absolute Gasteiger partial charge is 0.335 e. The highest BCUT2D eigenvalue weighted by Gasteiger charge is 2.39. The lowest BCUT2D eigenvalue weighted by Crippen LogP contribution is -2.42. The van der Waals surface area contributed by atoms with Crippen molar-refractivity contribution in [3.63, 3.8) is 0 Å². The summed E-state index contributed by atoms with van der Waals surface area (Å²) in [6.07, 6.45) is 1.89. The van der Waals surface area contributed by atoms with Crippen LogP contribution in [0.25, 0.3) is 0 Å². The quantitative estimate of drug-likeness (QED) is 0.835. The Balaban J connectivity index is 2.27. The second kappa shape index (κ2) is 5.36. The molecule has 2 rings (SSSR count). The number of carbonyl (C=O) groups excluding carboxylic acids is 1. The van der Waals surface area contributed by atoms with E-state index in [9.17, 15) is 9.59 Å². The summed E-state index contributed by atoms with van der Waals surface area (Å²) in [5.41, 5.74) is 6.84. The topological polar surface area (TPSA) is 83.6 Å². The summed E-state index contributed by atoms with van der Waals surface area (Å²) in [4.78, 5) is 25.0. The lowest BCUT2D eigenvalue weighted by molar-refractivity contribution is -0.120. The standard InChI is InChI=1S/C14H18N2O3S/c1-14(6-3-7-20-14)13(19)16(2)11-5-4-9(12(17)18)8-10(11)15/h4-5,8H,3,6-7,15H2,1-2H3,(H,17,18). The fourth-order valence-corrected chi connectivity index (χ4v) is 3.69. The van der Waals surface area contributed by atoms with Crippen LogP contribution in [0.15, 0.2) is 18.2 Å². The van der Waals surface area contributed by atoms with Crippen molar-refractivity contribution in [3.05, 3.63) is 23.8 Å². The number of carbonyl (C=O) groups is 2. The average molecular weight is 294 g/mol. The molecule has 1 aromatic rings. The van der Waals surface area contributed by atoms with Crippen molar-refractivity contribution in [1.29, 1.82) is 0 Å². The van der Waals surface area contributed by atoms with Gasteiger partial charge in [0.1, 0.15) is 0 Å². The SMILES string of the molecule is CN(C(=O)C1(C)CCCS1)c1ccc(C(=O)O)cc1N. The summed E-state index contributed by atoms with van der Waals surface area (Å²) >= 11 is 1.66. The van der Waals surface area contributed by atoms with Crippen LogP contribution in [0.5, 0.6) is 0 Å². The third-order valence-electron chi connectivity index (χ3n) is 3.61. The first-order valence-electron chi connectivity index (χ1n) is 6.40. The molecule has 0 saturated carbocycles. The molecule has 1 saturated heterocycles. The molecule has 108 valence electrons. The number of aromatic carboxylic acids is 1. The third-order valence-corrected chi connectivity index (χ3v) is 5.12. The number of hydrogen-bond acceptors (Lipinski definition) is 4. The fraction of sp³-hybridized carbons (Fsp3) is 0.429. The zero-order valence-corrected chi connectivity index (χ0v) is 12.4. The molecule has 1 amide bonds. The summed E-state index contributed by atoms with van der Waals surface area (Å²) in [5, 5.41) is 8.92. The summed E-state index contributed by atoms with van der Waals surface area (Å²) in [5.74, 6) is -0.0333. The molecule has 1 heterocycles. The van der Waals surface area contributed by atoms with Crippen LogP contribution in [0.1, 0.15) is 30.1 Å². The molecule has 3 N–H and O–H groups in total. The number of nitrogens with zero attached hydrogens (tertiary/aromatic N) is 1. The van der Waals surface area contributed by atoms with Gasteiger partial charge < -0.3 is 15.7 Å². The van der Waals surface area contributed by atoms with Gasteiger partial charge in [0, 0.05) is 7.05 Å². The highest BCUT2D eigenvalue weighted by Crippen LogP contribution is 2.40. The van der Waals surface area contributed by atoms with Gasteiger partial charge in [-0.1, -0.05) is 0 Å². The maximum atomic E-state index is 12.6. The van der Waals surface area contributed by atoms with Crippen molar-refractivity contribution < 1.29 is 14.7 Å². The molecule has 0 radical (unpaired) electrons. The van der Waals surface area contributed by atoms with Crippen LogP contribution in [0.2, 0.25) is 0 Å². The van der Waals surface area contributed by atoms with Gasteiger partial charge in [0.15, 0.2) is 0 Å². The Kier molecular flexibility index (Phi) is 3.94. The van der Waals surface area contributed by atoms with E-state index in [4.69, 9.17) is 10.8 Å². The molecule has 5 nitrogen and oxygen atoms in total. The van der Waals surface area contributed by atoms with Crippen LogP contribution in [0.4, 0.5) is 11.4 Å². The Morgan fingerprint density at radius 2 is 2.15 bits per heavy atom. The largest absolute Gasteiger partial charge is 0.478 e. The first-order valence-corrected chi connectivity index (χ1v) is 7.38. The van der Waals surface area contributed by atoms with Gasteiger partial charge in [-0.25, -0.2) is 4.79 Å². The van der Waals surface area contributed by atoms with Crippen LogP contribution in [0, 0.1) is 0 Å². The molecule has 0 aromatic heterocycles. The van der Waals surface area contributed by atoms with Crippen LogP contribution in [-0.4, -0.2) is 34.5 Å². The molecule has 6 heteroatoms. The molecular weight excluding hydrogens is 276 g/mol. The van der Waals surface area contributed by atoms with Gasteiger partial charge in [-0.15, -0.1) is 11.8 Å². The van der Waals surface area contributed by atoms with E-state index in [-0.39, 0.29) is 11.5 Å². The number of amides is 1. The van der Waals surface area contributed by atoms with Crippen molar-refractivity contribution in [2.75, 3.05) is 23.4 Å². The molecule has 1 fully saturated rings. The summed E-state index contributed by atoms with van der Waals surface area (Å²) < 4.78 is -0.410. The molecule has 0 bridgehead atoms. The van der Waals surface area contributed by atoms with Gasteiger partial charge in [-0.2, -0.15) is 0 Å². The van der Waals surface area contributed by atoms with E-state index in [0.29, 0.717) is 11.4 Å². The van der Waals surface area contributed by atoms with Crippen molar-refractivity contribution in [3.8, 4) is 0 Å². The lowest BCUT2D eigenvalue weighted by atomic mass is 10.0. The van der Waals surface area contributed by atoms with Crippen LogP contribution in [-0.2, 0) is 4.79 Å². The number of benzene rings is 1. The number of carboxylic acid groups (broad SMARTS) is 1. The number of carboxylic acids is 1. The van der Waals surface area contributed by atoms with E-state index in [2.05, 4.69) is 0 Å². The molecular formula is C14H18N2O3S. The molecule has 1 unspecified atom stereocenters. The van der Waals surface area contributed by atoms with Crippen molar-refractivity contribution in [2.24, 2.45) is 0 Å². The van der Waals surface area contributed by atoms with Crippen LogP contribution in [0.3, 0.4) is 0 Å². The monoisotopic (exact) mass is 294 g/mol. The highest BCUT2D eigenvalue weighted by atomic mass is 32.2. The molecule has 1 aromatic carbocycles. The number of rotatable bonds is 3. The van der Waals surface area contributed by atoms with E-state index in [1.165, 1.54) is 17.0 Å². The fourth-order valence-electron chi connectivity index (χ4n) is 2.40. The maximum Gasteiger partial charge on any atom is 0.335 e. The Hall–Kier alpha value is -1.69.